The molecule has 1 fully saturated rings. The highest BCUT2D eigenvalue weighted by atomic mass is 79.9. The largest absolute Gasteiger partial charge is 0.467 e. The van der Waals surface area contributed by atoms with Crippen LogP contribution in [-0.4, -0.2) is 31.4 Å². The Labute approximate surface area is 172 Å². The zero-order valence-corrected chi connectivity index (χ0v) is 17.2. The van der Waals surface area contributed by atoms with Crippen molar-refractivity contribution in [2.75, 3.05) is 18.6 Å². The van der Waals surface area contributed by atoms with Crippen molar-refractivity contribution < 1.29 is 19.1 Å². The first-order valence-electron chi connectivity index (χ1n) is 8.90. The van der Waals surface area contributed by atoms with Crippen molar-refractivity contribution in [2.24, 2.45) is 5.92 Å². The van der Waals surface area contributed by atoms with Gasteiger partial charge in [-0.15, -0.1) is 0 Å². The van der Waals surface area contributed by atoms with Crippen LogP contribution < -0.4 is 10.2 Å². The van der Waals surface area contributed by atoms with E-state index in [-0.39, 0.29) is 24.8 Å². The number of methoxy groups -OCH3 is 1. The molecule has 0 radical (unpaired) electrons. The molecule has 1 aliphatic rings. The number of ether oxygens (including phenoxy) is 1. The van der Waals surface area contributed by atoms with E-state index in [1.54, 1.807) is 29.2 Å². The summed E-state index contributed by atoms with van der Waals surface area (Å²) in [7, 11) is 1.28. The molecule has 2 atom stereocenters. The van der Waals surface area contributed by atoms with Gasteiger partial charge in [-0.05, 0) is 36.2 Å². The van der Waals surface area contributed by atoms with Gasteiger partial charge in [0.05, 0.1) is 13.0 Å². The molecule has 1 N–H and O–H groups in total. The number of anilines is 1. The number of rotatable bonds is 5. The highest BCUT2D eigenvalue weighted by molar-refractivity contribution is 9.10. The van der Waals surface area contributed by atoms with Gasteiger partial charge in [0.2, 0.25) is 11.8 Å². The van der Waals surface area contributed by atoms with Gasteiger partial charge in [-0.25, -0.2) is 4.79 Å². The molecule has 28 heavy (non-hydrogen) atoms. The Hall–Kier alpha value is -2.67. The highest BCUT2D eigenvalue weighted by Crippen LogP contribution is 2.29. The number of nitrogens with one attached hydrogen (secondary N) is 1. The molecule has 146 valence electrons. The summed E-state index contributed by atoms with van der Waals surface area (Å²) in [5.41, 5.74) is 2.40. The second kappa shape index (κ2) is 8.56. The third-order valence-corrected chi connectivity index (χ3v) is 5.70. The Bertz CT molecular complexity index is 901. The predicted molar refractivity (Wildman–Crippen MR) is 109 cm³/mol. The maximum Gasteiger partial charge on any atom is 0.333 e. The van der Waals surface area contributed by atoms with Crippen molar-refractivity contribution in [3.63, 3.8) is 0 Å². The van der Waals surface area contributed by atoms with Gasteiger partial charge < -0.3 is 15.0 Å². The van der Waals surface area contributed by atoms with Crippen LogP contribution in [0.2, 0.25) is 0 Å². The number of hydrogen-bond acceptors (Lipinski definition) is 4. The van der Waals surface area contributed by atoms with Crippen LogP contribution in [0.15, 0.2) is 53.0 Å². The van der Waals surface area contributed by atoms with E-state index in [1.165, 1.54) is 7.11 Å². The summed E-state index contributed by atoms with van der Waals surface area (Å²) in [4.78, 5) is 39.0. The molecule has 7 heteroatoms. The smallest absolute Gasteiger partial charge is 0.333 e. The average molecular weight is 445 g/mol. The van der Waals surface area contributed by atoms with Crippen LogP contribution in [0.5, 0.6) is 0 Å². The van der Waals surface area contributed by atoms with Crippen molar-refractivity contribution in [2.45, 2.75) is 19.4 Å². The molecule has 0 aliphatic carbocycles. The molecule has 2 aromatic carbocycles. The number of hydrogen-bond donors (Lipinski definition) is 1. The van der Waals surface area contributed by atoms with Crippen molar-refractivity contribution >= 4 is 39.4 Å². The van der Waals surface area contributed by atoms with Gasteiger partial charge in [0.1, 0.15) is 0 Å². The van der Waals surface area contributed by atoms with E-state index in [0.29, 0.717) is 5.56 Å². The summed E-state index contributed by atoms with van der Waals surface area (Å²) in [5.74, 6) is -1.54. The molecule has 1 aliphatic heterocycles. The SMILES string of the molecule is COC(=O)[C@H](NC(=O)[C@H]1CC(=O)N(c2ccc(Br)c(C)c2)C1)c1ccccc1. The molecule has 2 aromatic rings. The van der Waals surface area contributed by atoms with E-state index in [4.69, 9.17) is 4.74 Å². The van der Waals surface area contributed by atoms with Crippen LogP contribution in [0.4, 0.5) is 5.69 Å². The van der Waals surface area contributed by atoms with Crippen molar-refractivity contribution in [3.8, 4) is 0 Å². The molecule has 0 unspecified atom stereocenters. The topological polar surface area (TPSA) is 75.7 Å². The van der Waals surface area contributed by atoms with Crippen LogP contribution >= 0.6 is 15.9 Å². The lowest BCUT2D eigenvalue weighted by Gasteiger charge is -2.20. The predicted octanol–water partition coefficient (Wildman–Crippen LogP) is 3.14. The second-order valence-electron chi connectivity index (χ2n) is 6.71. The van der Waals surface area contributed by atoms with Crippen molar-refractivity contribution in [1.82, 2.24) is 5.32 Å². The maximum atomic E-state index is 12.8. The summed E-state index contributed by atoms with van der Waals surface area (Å²) in [5, 5.41) is 2.74. The fourth-order valence-corrected chi connectivity index (χ4v) is 3.48. The third-order valence-electron chi connectivity index (χ3n) is 4.81. The zero-order chi connectivity index (χ0) is 20.3. The number of benzene rings is 2. The minimum atomic E-state index is -0.905. The van der Waals surface area contributed by atoms with Crippen molar-refractivity contribution in [3.05, 3.63) is 64.1 Å². The number of nitrogens with zero attached hydrogens (tertiary/aromatic N) is 1. The Morgan fingerprint density at radius 2 is 1.93 bits per heavy atom. The van der Waals surface area contributed by atoms with E-state index in [2.05, 4.69) is 21.2 Å². The van der Waals surface area contributed by atoms with Crippen LogP contribution in [0, 0.1) is 12.8 Å². The summed E-state index contributed by atoms with van der Waals surface area (Å²) in [6.07, 6.45) is 0.101. The molecule has 0 saturated carbocycles. The Morgan fingerprint density at radius 3 is 2.57 bits per heavy atom. The van der Waals surface area contributed by atoms with E-state index < -0.39 is 17.9 Å². The number of carbonyl (C=O) groups is 3. The first-order valence-corrected chi connectivity index (χ1v) is 9.69. The van der Waals surface area contributed by atoms with E-state index >= 15 is 0 Å². The minimum Gasteiger partial charge on any atom is -0.467 e. The molecule has 1 saturated heterocycles. The Kier molecular flexibility index (Phi) is 6.14. The molecular formula is C21H21BrN2O4. The Morgan fingerprint density at radius 1 is 1.21 bits per heavy atom. The van der Waals surface area contributed by atoms with Gasteiger partial charge in [0, 0.05) is 23.1 Å². The molecule has 3 rings (SSSR count). The van der Waals surface area contributed by atoms with Crippen molar-refractivity contribution in [1.29, 1.82) is 0 Å². The van der Waals surface area contributed by atoms with E-state index in [1.807, 2.05) is 31.2 Å². The van der Waals surface area contributed by atoms with Gasteiger partial charge >= 0.3 is 5.97 Å². The molecule has 0 spiro atoms. The third kappa shape index (κ3) is 4.25. The first kappa shape index (κ1) is 20.1. The molecular weight excluding hydrogens is 424 g/mol. The number of carbonyl (C=O) groups excluding carboxylic acids is 3. The monoisotopic (exact) mass is 444 g/mol. The van der Waals surface area contributed by atoms with Gasteiger partial charge in [0.15, 0.2) is 6.04 Å². The first-order chi connectivity index (χ1) is 13.4. The number of amides is 2. The Balaban J connectivity index is 1.74. The van der Waals surface area contributed by atoms with E-state index in [0.717, 1.165) is 15.7 Å². The van der Waals surface area contributed by atoms with Gasteiger partial charge in [-0.1, -0.05) is 46.3 Å². The highest BCUT2D eigenvalue weighted by Gasteiger charge is 2.37. The number of esters is 1. The van der Waals surface area contributed by atoms with E-state index in [9.17, 15) is 14.4 Å². The fraction of sp³-hybridized carbons (Fsp3) is 0.286. The molecule has 2 amide bonds. The lowest BCUT2D eigenvalue weighted by Crippen LogP contribution is -2.39. The fourth-order valence-electron chi connectivity index (χ4n) is 3.23. The molecule has 0 aromatic heterocycles. The summed E-state index contributed by atoms with van der Waals surface area (Å²) in [6, 6.07) is 13.6. The quantitative estimate of drug-likeness (QED) is 0.718. The standard InChI is InChI=1S/C21H21BrN2O4/c1-13-10-16(8-9-17(13)22)24-12-15(11-18(24)25)20(26)23-19(21(27)28-2)14-6-4-3-5-7-14/h3-10,15,19H,11-12H2,1-2H3,(H,23,26)/t15-,19+/m0/s1. The van der Waals surface area contributed by atoms with Crippen LogP contribution in [-0.2, 0) is 19.1 Å². The van der Waals surface area contributed by atoms with Crippen LogP contribution in [0.3, 0.4) is 0 Å². The van der Waals surface area contributed by atoms with Gasteiger partial charge in [-0.2, -0.15) is 0 Å². The zero-order valence-electron chi connectivity index (χ0n) is 15.6. The summed E-state index contributed by atoms with van der Waals surface area (Å²) >= 11 is 3.45. The minimum absolute atomic E-state index is 0.101. The number of halogens is 1. The molecule has 0 bridgehead atoms. The normalized spacial score (nSPS) is 17.3. The second-order valence-corrected chi connectivity index (χ2v) is 7.57. The molecule has 6 nitrogen and oxygen atoms in total. The lowest BCUT2D eigenvalue weighted by atomic mass is 10.0. The number of aryl methyl sites for hydroxylation is 1. The van der Waals surface area contributed by atoms with Crippen LogP contribution in [0.25, 0.3) is 0 Å². The van der Waals surface area contributed by atoms with Gasteiger partial charge in [0.25, 0.3) is 0 Å². The maximum absolute atomic E-state index is 12.8. The summed E-state index contributed by atoms with van der Waals surface area (Å²) < 4.78 is 5.79. The van der Waals surface area contributed by atoms with Gasteiger partial charge in [-0.3, -0.25) is 9.59 Å². The summed E-state index contributed by atoms with van der Waals surface area (Å²) in [6.45, 7) is 2.22. The van der Waals surface area contributed by atoms with Crippen LogP contribution in [0.1, 0.15) is 23.6 Å². The average Bonchev–Trinajstić information content (AvgIpc) is 3.10. The lowest BCUT2D eigenvalue weighted by molar-refractivity contribution is -0.145. The molecule has 1 heterocycles.